The predicted molar refractivity (Wildman–Crippen MR) is 75.6 cm³/mol. The molecule has 0 aliphatic rings. The van der Waals surface area contributed by atoms with Gasteiger partial charge in [-0.3, -0.25) is 0 Å². The fourth-order valence-electron chi connectivity index (χ4n) is 2.17. The summed E-state index contributed by atoms with van der Waals surface area (Å²) in [5.74, 6) is 0.627. The first-order valence-electron chi connectivity index (χ1n) is 5.97. The van der Waals surface area contributed by atoms with Crippen molar-refractivity contribution in [1.82, 2.24) is 4.72 Å². The van der Waals surface area contributed by atoms with Crippen LogP contribution in [-0.4, -0.2) is 20.8 Å². The molecule has 0 radical (unpaired) electrons. The number of hydrogen-bond acceptors (Lipinski definition) is 2. The molecule has 0 aliphatic carbocycles. The van der Waals surface area contributed by atoms with E-state index in [2.05, 4.69) is 18.6 Å². The van der Waals surface area contributed by atoms with Gasteiger partial charge in [-0.1, -0.05) is 26.0 Å². The Bertz CT molecular complexity index is 472. The monoisotopic (exact) mass is 289 g/mol. The molecule has 2 atom stereocenters. The molecule has 5 heteroatoms. The van der Waals surface area contributed by atoms with Crippen molar-refractivity contribution in [3.8, 4) is 0 Å². The second kappa shape index (κ2) is 6.04. The second-order valence-corrected chi connectivity index (χ2v) is 7.30. The molecule has 1 aromatic rings. The minimum atomic E-state index is -3.36. The first-order valence-corrected chi connectivity index (χ1v) is 7.89. The molecule has 0 bridgehead atoms. The lowest BCUT2D eigenvalue weighted by Gasteiger charge is -2.24. The Morgan fingerprint density at radius 3 is 1.94 bits per heavy atom. The molecule has 1 N–H and O–H groups in total. The Labute approximate surface area is 115 Å². The van der Waals surface area contributed by atoms with Crippen molar-refractivity contribution >= 4 is 21.6 Å². The Balaban J connectivity index is 3.09. The molecule has 102 valence electrons. The van der Waals surface area contributed by atoms with Gasteiger partial charge in [-0.25, -0.2) is 13.1 Å². The third-order valence-electron chi connectivity index (χ3n) is 3.06. The van der Waals surface area contributed by atoms with Gasteiger partial charge >= 0.3 is 0 Å². The molecule has 0 saturated carbocycles. The summed E-state index contributed by atoms with van der Waals surface area (Å²) in [6, 6.07) is 6.92. The van der Waals surface area contributed by atoms with Crippen LogP contribution in [-0.2, 0) is 10.0 Å². The Hall–Kier alpha value is -0.580. The number of sulfonamides is 1. The van der Waals surface area contributed by atoms with Crippen molar-refractivity contribution in [3.05, 3.63) is 29.8 Å². The zero-order valence-electron chi connectivity index (χ0n) is 11.1. The van der Waals surface area contributed by atoms with Crippen LogP contribution in [0.2, 0.25) is 0 Å². The second-order valence-electron chi connectivity index (χ2n) is 4.72. The minimum Gasteiger partial charge on any atom is -0.214 e. The van der Waals surface area contributed by atoms with Gasteiger partial charge in [0, 0.05) is 11.3 Å². The Morgan fingerprint density at radius 2 is 1.61 bits per heavy atom. The summed E-state index contributed by atoms with van der Waals surface area (Å²) in [6.07, 6.45) is 0. The van der Waals surface area contributed by atoms with Crippen LogP contribution in [0.15, 0.2) is 29.2 Å². The van der Waals surface area contributed by atoms with Crippen LogP contribution < -0.4 is 4.72 Å². The van der Waals surface area contributed by atoms with Crippen LogP contribution in [0.1, 0.15) is 32.3 Å². The Kier molecular flexibility index (Phi) is 5.20. The van der Waals surface area contributed by atoms with Crippen LogP contribution in [0.4, 0.5) is 0 Å². The van der Waals surface area contributed by atoms with Gasteiger partial charge in [-0.05, 0) is 37.6 Å². The highest BCUT2D eigenvalue weighted by Gasteiger charge is 2.21. The molecule has 0 spiro atoms. The molecule has 0 saturated heterocycles. The van der Waals surface area contributed by atoms with Crippen LogP contribution in [0.5, 0.6) is 0 Å². The van der Waals surface area contributed by atoms with Gasteiger partial charge in [0.1, 0.15) is 0 Å². The fourth-order valence-corrected chi connectivity index (χ4v) is 3.33. The molecule has 2 unspecified atom stereocenters. The van der Waals surface area contributed by atoms with E-state index in [1.165, 1.54) is 7.05 Å². The first kappa shape index (κ1) is 15.5. The molecule has 0 amide bonds. The lowest BCUT2D eigenvalue weighted by molar-refractivity contribution is 0.490. The summed E-state index contributed by atoms with van der Waals surface area (Å²) in [7, 11) is -1.96. The smallest absolute Gasteiger partial charge is 0.214 e. The summed E-state index contributed by atoms with van der Waals surface area (Å²) in [6.45, 7) is 6.19. The predicted octanol–water partition coefficient (Wildman–Crippen LogP) is 2.96. The molecular weight excluding hydrogens is 270 g/mol. The largest absolute Gasteiger partial charge is 0.240 e. The zero-order valence-corrected chi connectivity index (χ0v) is 12.7. The van der Waals surface area contributed by atoms with Crippen LogP contribution >= 0.6 is 11.6 Å². The lowest BCUT2D eigenvalue weighted by Crippen LogP contribution is -2.19. The van der Waals surface area contributed by atoms with Crippen molar-refractivity contribution < 1.29 is 8.42 Å². The lowest BCUT2D eigenvalue weighted by atomic mass is 9.86. The van der Waals surface area contributed by atoms with Crippen molar-refractivity contribution in [2.75, 3.05) is 7.05 Å². The maximum Gasteiger partial charge on any atom is 0.240 e. The van der Waals surface area contributed by atoms with E-state index in [9.17, 15) is 8.42 Å². The molecular formula is C13H20ClNO2S. The van der Waals surface area contributed by atoms with E-state index in [-0.39, 0.29) is 16.2 Å². The maximum atomic E-state index is 11.6. The van der Waals surface area contributed by atoms with Gasteiger partial charge in [0.15, 0.2) is 0 Å². The summed E-state index contributed by atoms with van der Waals surface area (Å²) in [5.41, 5.74) is 1.07. The standard InChI is InChI=1S/C13H20ClNO2S/c1-9(2)13(10(3)14)11-5-7-12(8-6-11)18(16,17)15-4/h5-10,13,15H,1-4H3. The van der Waals surface area contributed by atoms with Gasteiger partial charge in [0.05, 0.1) is 4.90 Å². The maximum absolute atomic E-state index is 11.6. The third-order valence-corrected chi connectivity index (χ3v) is 4.76. The highest BCUT2D eigenvalue weighted by atomic mass is 35.5. The van der Waals surface area contributed by atoms with Crippen molar-refractivity contribution in [2.24, 2.45) is 5.92 Å². The van der Waals surface area contributed by atoms with Crippen LogP contribution in [0, 0.1) is 5.92 Å². The molecule has 0 fully saturated rings. The normalized spacial score (nSPS) is 15.7. The van der Waals surface area contributed by atoms with Gasteiger partial charge in [-0.2, -0.15) is 0 Å². The molecule has 0 heterocycles. The molecule has 18 heavy (non-hydrogen) atoms. The minimum absolute atomic E-state index is 0.0109. The van der Waals surface area contributed by atoms with E-state index in [1.54, 1.807) is 12.1 Å². The number of nitrogens with one attached hydrogen (secondary N) is 1. The third kappa shape index (κ3) is 3.46. The van der Waals surface area contributed by atoms with E-state index >= 15 is 0 Å². The van der Waals surface area contributed by atoms with E-state index in [4.69, 9.17) is 11.6 Å². The fraction of sp³-hybridized carbons (Fsp3) is 0.538. The number of rotatable bonds is 5. The summed E-state index contributed by atoms with van der Waals surface area (Å²) >= 11 is 6.20. The van der Waals surface area contributed by atoms with E-state index < -0.39 is 10.0 Å². The zero-order chi connectivity index (χ0) is 13.9. The molecule has 1 rings (SSSR count). The summed E-state index contributed by atoms with van der Waals surface area (Å²) < 4.78 is 25.5. The molecule has 3 nitrogen and oxygen atoms in total. The average Bonchev–Trinajstić information content (AvgIpc) is 2.29. The molecule has 0 aliphatic heterocycles. The summed E-state index contributed by atoms with van der Waals surface area (Å²) in [4.78, 5) is 0.276. The highest BCUT2D eigenvalue weighted by Crippen LogP contribution is 2.31. The first-order chi connectivity index (χ1) is 8.29. The number of hydrogen-bond donors (Lipinski definition) is 1. The Morgan fingerprint density at radius 1 is 1.11 bits per heavy atom. The van der Waals surface area contributed by atoms with Crippen molar-refractivity contribution in [3.63, 3.8) is 0 Å². The van der Waals surface area contributed by atoms with E-state index in [0.717, 1.165) is 5.56 Å². The van der Waals surface area contributed by atoms with Gasteiger partial charge in [0.25, 0.3) is 0 Å². The van der Waals surface area contributed by atoms with Crippen LogP contribution in [0.3, 0.4) is 0 Å². The number of benzene rings is 1. The van der Waals surface area contributed by atoms with E-state index in [0.29, 0.717) is 5.92 Å². The van der Waals surface area contributed by atoms with Gasteiger partial charge in [-0.15, -0.1) is 11.6 Å². The van der Waals surface area contributed by atoms with Crippen molar-refractivity contribution in [1.29, 1.82) is 0 Å². The van der Waals surface area contributed by atoms with Gasteiger partial charge in [0.2, 0.25) is 10.0 Å². The van der Waals surface area contributed by atoms with Gasteiger partial charge < -0.3 is 0 Å². The SMILES string of the molecule is CNS(=O)(=O)c1ccc(C(C(C)C)C(C)Cl)cc1. The average molecular weight is 290 g/mol. The topological polar surface area (TPSA) is 46.2 Å². The van der Waals surface area contributed by atoms with Crippen LogP contribution in [0.25, 0.3) is 0 Å². The van der Waals surface area contributed by atoms with E-state index in [1.807, 2.05) is 19.1 Å². The quantitative estimate of drug-likeness (QED) is 0.847. The number of alkyl halides is 1. The molecule has 0 aromatic heterocycles. The molecule has 1 aromatic carbocycles. The number of halogens is 1. The summed E-state index contributed by atoms with van der Waals surface area (Å²) in [5, 5.41) is 0.0109. The highest BCUT2D eigenvalue weighted by molar-refractivity contribution is 7.89. The van der Waals surface area contributed by atoms with Crippen molar-refractivity contribution in [2.45, 2.75) is 37.0 Å².